The molecule has 1 saturated carbocycles. The first kappa shape index (κ1) is 25.3. The largest absolute Gasteiger partial charge is 0.356 e. The van der Waals surface area contributed by atoms with E-state index < -0.39 is 33.7 Å². The number of rotatable bonds is 6. The summed E-state index contributed by atoms with van der Waals surface area (Å²) in [7, 11) is -4.07. The highest BCUT2D eigenvalue weighted by Crippen LogP contribution is 2.38. The number of sulfonamides is 1. The second-order valence-corrected chi connectivity index (χ2v) is 11.1. The van der Waals surface area contributed by atoms with Crippen LogP contribution in [0.5, 0.6) is 0 Å². The molecule has 35 heavy (non-hydrogen) atoms. The topological polar surface area (TPSA) is 124 Å². The van der Waals surface area contributed by atoms with Gasteiger partial charge < -0.3 is 15.6 Å². The number of benzene rings is 1. The van der Waals surface area contributed by atoms with Crippen molar-refractivity contribution in [2.45, 2.75) is 55.9 Å². The fraction of sp³-hybridized carbons (Fsp3) is 0.542. The predicted molar refractivity (Wildman–Crippen MR) is 127 cm³/mol. The zero-order valence-electron chi connectivity index (χ0n) is 19.6. The van der Waals surface area contributed by atoms with E-state index in [1.54, 1.807) is 12.5 Å². The number of aromatic nitrogens is 2. The van der Waals surface area contributed by atoms with E-state index in [-0.39, 0.29) is 36.1 Å². The zero-order valence-corrected chi connectivity index (χ0v) is 20.4. The van der Waals surface area contributed by atoms with Crippen LogP contribution in [0.15, 0.2) is 41.7 Å². The minimum atomic E-state index is -4.07. The molecule has 4 rings (SSSR count). The Kier molecular flexibility index (Phi) is 8.17. The molecule has 2 heterocycles. The first-order valence-corrected chi connectivity index (χ1v) is 13.6. The number of nitrogens with one attached hydrogen (secondary N) is 3. The van der Waals surface area contributed by atoms with Gasteiger partial charge in [-0.15, -0.1) is 0 Å². The minimum Gasteiger partial charge on any atom is -0.356 e. The van der Waals surface area contributed by atoms with Crippen LogP contribution in [-0.2, 0) is 26.0 Å². The van der Waals surface area contributed by atoms with E-state index in [1.165, 1.54) is 22.5 Å². The van der Waals surface area contributed by atoms with Crippen LogP contribution in [0.3, 0.4) is 0 Å². The SMILES string of the molecule is O=C(NCCc1cnc[nH]1)C1CC2C(=O)NCCCCCCN(S(=O)(=O)c3cccc(F)c3)C2C1. The van der Waals surface area contributed by atoms with Gasteiger partial charge in [0.1, 0.15) is 5.82 Å². The second-order valence-electron chi connectivity index (χ2n) is 9.24. The lowest BCUT2D eigenvalue weighted by molar-refractivity contribution is -0.126. The highest BCUT2D eigenvalue weighted by Gasteiger charge is 2.47. The zero-order chi connectivity index (χ0) is 24.8. The standard InChI is InChI=1S/C24H32FN5O4S/c25-18-6-5-7-20(14-18)35(33,34)30-11-4-2-1-3-9-27-24(32)21-12-17(13-22(21)30)23(31)28-10-8-19-15-26-16-29-19/h5-7,14-17,21-22H,1-4,8-13H2,(H,26,29)(H,27,32)(H,28,31). The molecular weight excluding hydrogens is 473 g/mol. The van der Waals surface area contributed by atoms with Crippen LogP contribution >= 0.6 is 0 Å². The average Bonchev–Trinajstić information content (AvgIpc) is 3.50. The van der Waals surface area contributed by atoms with Crippen LogP contribution in [0.25, 0.3) is 0 Å². The maximum atomic E-state index is 13.9. The molecule has 1 aromatic heterocycles. The Labute approximate surface area is 204 Å². The maximum absolute atomic E-state index is 13.9. The van der Waals surface area contributed by atoms with E-state index in [0.717, 1.165) is 31.0 Å². The van der Waals surface area contributed by atoms with E-state index in [4.69, 9.17) is 0 Å². The normalized spacial score (nSPS) is 24.3. The summed E-state index contributed by atoms with van der Waals surface area (Å²) in [5, 5.41) is 5.84. The molecular formula is C24H32FN5O4S. The van der Waals surface area contributed by atoms with Crippen molar-refractivity contribution in [3.8, 4) is 0 Å². The van der Waals surface area contributed by atoms with Crippen molar-refractivity contribution in [3.05, 3.63) is 48.3 Å². The van der Waals surface area contributed by atoms with Gasteiger partial charge in [-0.2, -0.15) is 4.31 Å². The molecule has 1 aliphatic heterocycles. The van der Waals surface area contributed by atoms with E-state index in [0.29, 0.717) is 25.9 Å². The van der Waals surface area contributed by atoms with Gasteiger partial charge in [-0.05, 0) is 43.9 Å². The van der Waals surface area contributed by atoms with Crippen LogP contribution in [0.1, 0.15) is 44.2 Å². The maximum Gasteiger partial charge on any atom is 0.243 e. The quantitative estimate of drug-likeness (QED) is 0.554. The number of imidazole rings is 1. The van der Waals surface area contributed by atoms with Crippen LogP contribution in [-0.4, -0.2) is 60.2 Å². The summed E-state index contributed by atoms with van der Waals surface area (Å²) < 4.78 is 42.5. The van der Waals surface area contributed by atoms with E-state index in [2.05, 4.69) is 20.6 Å². The Morgan fingerprint density at radius 2 is 2.03 bits per heavy atom. The molecule has 3 unspecified atom stereocenters. The van der Waals surface area contributed by atoms with Gasteiger partial charge in [-0.25, -0.2) is 17.8 Å². The van der Waals surface area contributed by atoms with E-state index in [9.17, 15) is 22.4 Å². The van der Waals surface area contributed by atoms with Gasteiger partial charge in [0.2, 0.25) is 21.8 Å². The Hall–Kier alpha value is -2.79. The molecule has 3 N–H and O–H groups in total. The van der Waals surface area contributed by atoms with Gasteiger partial charge in [-0.3, -0.25) is 9.59 Å². The molecule has 3 atom stereocenters. The monoisotopic (exact) mass is 505 g/mol. The van der Waals surface area contributed by atoms with Crippen molar-refractivity contribution in [3.63, 3.8) is 0 Å². The fourth-order valence-corrected chi connectivity index (χ4v) is 6.77. The molecule has 2 fully saturated rings. The molecule has 11 heteroatoms. The summed E-state index contributed by atoms with van der Waals surface area (Å²) >= 11 is 0. The third-order valence-electron chi connectivity index (χ3n) is 6.86. The average molecular weight is 506 g/mol. The first-order valence-electron chi connectivity index (χ1n) is 12.2. The summed E-state index contributed by atoms with van der Waals surface area (Å²) in [4.78, 5) is 32.9. The number of fused-ring (bicyclic) bond motifs is 1. The van der Waals surface area contributed by atoms with Crippen molar-refractivity contribution in [1.82, 2.24) is 24.9 Å². The Balaban J connectivity index is 1.56. The fourth-order valence-electron chi connectivity index (χ4n) is 5.03. The second kappa shape index (κ2) is 11.3. The molecule has 0 bridgehead atoms. The van der Waals surface area contributed by atoms with Crippen molar-refractivity contribution in [2.24, 2.45) is 11.8 Å². The molecule has 1 aromatic carbocycles. The molecule has 1 aliphatic carbocycles. The number of H-pyrrole nitrogens is 1. The lowest BCUT2D eigenvalue weighted by Gasteiger charge is -2.31. The molecule has 0 spiro atoms. The van der Waals surface area contributed by atoms with Crippen LogP contribution in [0.4, 0.5) is 4.39 Å². The molecule has 0 radical (unpaired) electrons. The van der Waals surface area contributed by atoms with Crippen LogP contribution < -0.4 is 10.6 Å². The lowest BCUT2D eigenvalue weighted by atomic mass is 10.0. The van der Waals surface area contributed by atoms with Gasteiger partial charge in [0.05, 0.1) is 17.1 Å². The number of carbonyl (C=O) groups is 2. The summed E-state index contributed by atoms with van der Waals surface area (Å²) in [6, 6.07) is 4.26. The van der Waals surface area contributed by atoms with Crippen molar-refractivity contribution in [1.29, 1.82) is 0 Å². The lowest BCUT2D eigenvalue weighted by Crippen LogP contribution is -2.47. The van der Waals surface area contributed by atoms with Gasteiger partial charge in [0.15, 0.2) is 0 Å². The van der Waals surface area contributed by atoms with Crippen LogP contribution in [0, 0.1) is 17.7 Å². The molecule has 9 nitrogen and oxygen atoms in total. The van der Waals surface area contributed by atoms with Crippen LogP contribution in [0.2, 0.25) is 0 Å². The van der Waals surface area contributed by atoms with E-state index in [1.807, 2.05) is 0 Å². The van der Waals surface area contributed by atoms with Crippen molar-refractivity contribution in [2.75, 3.05) is 19.6 Å². The molecule has 2 aromatic rings. The Bertz CT molecular complexity index is 1120. The number of hydrogen-bond acceptors (Lipinski definition) is 5. The minimum absolute atomic E-state index is 0.140. The van der Waals surface area contributed by atoms with Gasteiger partial charge in [0, 0.05) is 49.9 Å². The van der Waals surface area contributed by atoms with Gasteiger partial charge >= 0.3 is 0 Å². The number of carbonyl (C=O) groups excluding carboxylic acids is 2. The first-order chi connectivity index (χ1) is 16.9. The number of nitrogens with zero attached hydrogens (tertiary/aromatic N) is 2. The Morgan fingerprint density at radius 1 is 1.20 bits per heavy atom. The summed E-state index contributed by atoms with van der Waals surface area (Å²) in [6.45, 7) is 1.16. The highest BCUT2D eigenvalue weighted by atomic mass is 32.2. The predicted octanol–water partition coefficient (Wildman–Crippen LogP) is 1.98. The number of halogens is 1. The van der Waals surface area contributed by atoms with Crippen molar-refractivity contribution >= 4 is 21.8 Å². The Morgan fingerprint density at radius 3 is 2.80 bits per heavy atom. The summed E-state index contributed by atoms with van der Waals surface area (Å²) in [6.07, 6.45) is 7.51. The van der Waals surface area contributed by atoms with E-state index >= 15 is 0 Å². The van der Waals surface area contributed by atoms with Gasteiger partial charge in [0.25, 0.3) is 0 Å². The summed E-state index contributed by atoms with van der Waals surface area (Å²) in [5.41, 5.74) is 0.897. The van der Waals surface area contributed by atoms with Crippen molar-refractivity contribution < 1.29 is 22.4 Å². The van der Waals surface area contributed by atoms with Gasteiger partial charge in [-0.1, -0.05) is 18.9 Å². The third-order valence-corrected chi connectivity index (χ3v) is 8.78. The number of hydrogen-bond donors (Lipinski definition) is 3. The third kappa shape index (κ3) is 6.07. The highest BCUT2D eigenvalue weighted by molar-refractivity contribution is 7.89. The smallest absolute Gasteiger partial charge is 0.243 e. The number of aromatic amines is 1. The number of amides is 2. The summed E-state index contributed by atoms with van der Waals surface area (Å²) in [5.74, 6) is -2.21. The molecule has 1 saturated heterocycles. The molecule has 190 valence electrons. The molecule has 2 amide bonds. The molecule has 2 aliphatic rings.